The van der Waals surface area contributed by atoms with E-state index in [1.165, 1.54) is 0 Å². The highest BCUT2D eigenvalue weighted by atomic mass is 32.2. The summed E-state index contributed by atoms with van der Waals surface area (Å²) in [5, 5.41) is 8.44. The minimum absolute atomic E-state index is 0.0855. The van der Waals surface area contributed by atoms with Crippen LogP contribution in [-0.4, -0.2) is 32.9 Å². The van der Waals surface area contributed by atoms with Crippen LogP contribution in [0.3, 0.4) is 0 Å². The second-order valence-corrected chi connectivity index (χ2v) is 9.37. The quantitative estimate of drug-likeness (QED) is 0.857. The van der Waals surface area contributed by atoms with Crippen molar-refractivity contribution < 1.29 is 13.2 Å². The van der Waals surface area contributed by atoms with Crippen molar-refractivity contribution >= 4 is 10.0 Å². The number of hydrogen-bond acceptors (Lipinski definition) is 4. The van der Waals surface area contributed by atoms with Crippen LogP contribution in [0.2, 0.25) is 0 Å². The Hall–Kier alpha value is -2.20. The summed E-state index contributed by atoms with van der Waals surface area (Å²) in [5.41, 5.74) is 3.85. The second kappa shape index (κ2) is 8.22. The maximum atomic E-state index is 12.3. The average Bonchev–Trinajstić information content (AvgIpc) is 2.68. The van der Waals surface area contributed by atoms with Gasteiger partial charge in [0.15, 0.2) is 0 Å². The van der Waals surface area contributed by atoms with Gasteiger partial charge < -0.3 is 4.74 Å². The molecule has 1 aliphatic heterocycles. The van der Waals surface area contributed by atoms with Gasteiger partial charge in [-0.3, -0.25) is 0 Å². The van der Waals surface area contributed by atoms with Crippen molar-refractivity contribution in [3.05, 3.63) is 59.7 Å². The van der Waals surface area contributed by atoms with E-state index in [0.717, 1.165) is 23.1 Å². The van der Waals surface area contributed by atoms with Crippen LogP contribution in [0.5, 0.6) is 0 Å². The zero-order valence-electron chi connectivity index (χ0n) is 15.6. The van der Waals surface area contributed by atoms with E-state index >= 15 is 0 Å². The third-order valence-corrected chi connectivity index (χ3v) is 6.85. The van der Waals surface area contributed by atoms with Crippen LogP contribution in [0.25, 0.3) is 11.1 Å². The number of benzene rings is 2. The van der Waals surface area contributed by atoms with Crippen LogP contribution < -0.4 is 4.72 Å². The molecule has 0 unspecified atom stereocenters. The average molecular weight is 385 g/mol. The van der Waals surface area contributed by atoms with Gasteiger partial charge in [0.25, 0.3) is 0 Å². The number of hydrogen-bond donors (Lipinski definition) is 1. The Morgan fingerprint density at radius 1 is 1.07 bits per heavy atom. The lowest BCUT2D eigenvalue weighted by Crippen LogP contribution is -2.47. The van der Waals surface area contributed by atoms with Gasteiger partial charge >= 0.3 is 0 Å². The van der Waals surface area contributed by atoms with Gasteiger partial charge in [-0.05, 0) is 49.1 Å². The van der Waals surface area contributed by atoms with Gasteiger partial charge in [-0.25, -0.2) is 13.1 Å². The van der Waals surface area contributed by atoms with E-state index in [2.05, 4.69) is 22.9 Å². The molecule has 0 aromatic heterocycles. The molecule has 3 rings (SSSR count). The third kappa shape index (κ3) is 4.56. The molecule has 1 fully saturated rings. The monoisotopic (exact) mass is 384 g/mol. The molecule has 2 aromatic rings. The van der Waals surface area contributed by atoms with Gasteiger partial charge in [0.1, 0.15) is 0 Å². The predicted molar refractivity (Wildman–Crippen MR) is 106 cm³/mol. The molecule has 6 heteroatoms. The van der Waals surface area contributed by atoms with Crippen molar-refractivity contribution in [2.75, 3.05) is 13.2 Å². The SMILES string of the molecule is CC(C)S(=O)(=O)N[C@@H]1COCC[C@H]1c1ccc(-c2ccc(C#N)cc2)cc1. The van der Waals surface area contributed by atoms with Crippen molar-refractivity contribution in [2.24, 2.45) is 0 Å². The first kappa shape index (κ1) is 19.6. The molecule has 1 N–H and O–H groups in total. The van der Waals surface area contributed by atoms with Crippen molar-refractivity contribution in [1.82, 2.24) is 4.72 Å². The maximum Gasteiger partial charge on any atom is 0.214 e. The number of nitriles is 1. The Morgan fingerprint density at radius 2 is 1.67 bits per heavy atom. The topological polar surface area (TPSA) is 79.2 Å². The molecule has 1 saturated heterocycles. The predicted octanol–water partition coefficient (Wildman–Crippen LogP) is 3.43. The van der Waals surface area contributed by atoms with Gasteiger partial charge in [0, 0.05) is 12.5 Å². The van der Waals surface area contributed by atoms with Gasteiger partial charge in [-0.1, -0.05) is 36.4 Å². The lowest BCUT2D eigenvalue weighted by Gasteiger charge is -2.33. The zero-order valence-corrected chi connectivity index (χ0v) is 16.4. The van der Waals surface area contributed by atoms with E-state index in [0.29, 0.717) is 18.8 Å². The fourth-order valence-corrected chi connectivity index (χ4v) is 4.19. The lowest BCUT2D eigenvalue weighted by atomic mass is 9.87. The fraction of sp³-hybridized carbons (Fsp3) is 0.381. The normalized spacial score (nSPS) is 20.4. The maximum absolute atomic E-state index is 12.3. The standard InChI is InChI=1S/C21H24N2O3S/c1-15(2)27(24,25)23-21-14-26-12-11-20(21)19-9-7-18(8-10-19)17-5-3-16(13-22)4-6-17/h3-10,15,20-21,23H,11-12,14H2,1-2H3/t20-,21+/m0/s1. The van der Waals surface area contributed by atoms with Gasteiger partial charge in [-0.15, -0.1) is 0 Å². The summed E-state index contributed by atoms with van der Waals surface area (Å²) in [6.07, 6.45) is 0.779. The molecule has 0 bridgehead atoms. The van der Waals surface area contributed by atoms with Crippen LogP contribution in [0.15, 0.2) is 48.5 Å². The van der Waals surface area contributed by atoms with E-state index in [9.17, 15) is 8.42 Å². The highest BCUT2D eigenvalue weighted by Crippen LogP contribution is 2.30. The minimum Gasteiger partial charge on any atom is -0.380 e. The lowest BCUT2D eigenvalue weighted by molar-refractivity contribution is 0.0644. The van der Waals surface area contributed by atoms with E-state index < -0.39 is 15.3 Å². The Morgan fingerprint density at radius 3 is 2.22 bits per heavy atom. The molecule has 2 atom stereocenters. The number of sulfonamides is 1. The Balaban J connectivity index is 1.80. The molecule has 0 saturated carbocycles. The Kier molecular flexibility index (Phi) is 5.95. The fourth-order valence-electron chi connectivity index (χ4n) is 3.26. The third-order valence-electron chi connectivity index (χ3n) is 4.98. The minimum atomic E-state index is -3.35. The number of ether oxygens (including phenoxy) is 1. The Labute approximate surface area is 161 Å². The number of rotatable bonds is 5. The smallest absolute Gasteiger partial charge is 0.214 e. The van der Waals surface area contributed by atoms with Crippen molar-refractivity contribution in [3.8, 4) is 17.2 Å². The molecule has 5 nitrogen and oxygen atoms in total. The molecule has 142 valence electrons. The molecule has 0 spiro atoms. The summed E-state index contributed by atoms with van der Waals surface area (Å²) in [6, 6.07) is 17.5. The first-order chi connectivity index (χ1) is 12.9. The molecule has 1 heterocycles. The summed E-state index contributed by atoms with van der Waals surface area (Å²) in [4.78, 5) is 0. The molecular formula is C21H24N2O3S. The molecular weight excluding hydrogens is 360 g/mol. The van der Waals surface area contributed by atoms with Crippen molar-refractivity contribution in [2.45, 2.75) is 37.5 Å². The van der Waals surface area contributed by atoms with Gasteiger partial charge in [0.2, 0.25) is 10.0 Å². The van der Waals surface area contributed by atoms with Crippen LogP contribution in [0.1, 0.15) is 37.3 Å². The summed E-state index contributed by atoms with van der Waals surface area (Å²) >= 11 is 0. The summed E-state index contributed by atoms with van der Waals surface area (Å²) < 4.78 is 32.9. The first-order valence-corrected chi connectivity index (χ1v) is 10.6. The molecule has 27 heavy (non-hydrogen) atoms. The van der Waals surface area contributed by atoms with Gasteiger partial charge in [-0.2, -0.15) is 5.26 Å². The van der Waals surface area contributed by atoms with E-state index in [-0.39, 0.29) is 12.0 Å². The first-order valence-electron chi connectivity index (χ1n) is 9.10. The number of nitrogens with zero attached hydrogens (tertiary/aromatic N) is 1. The van der Waals surface area contributed by atoms with Gasteiger partial charge in [0.05, 0.1) is 29.5 Å². The van der Waals surface area contributed by atoms with Crippen LogP contribution in [0, 0.1) is 11.3 Å². The van der Waals surface area contributed by atoms with Crippen LogP contribution >= 0.6 is 0 Å². The largest absolute Gasteiger partial charge is 0.380 e. The second-order valence-electron chi connectivity index (χ2n) is 7.10. The summed E-state index contributed by atoms with van der Waals surface area (Å²) in [5.74, 6) is 0.0855. The molecule has 0 amide bonds. The Bertz CT molecular complexity index is 913. The van der Waals surface area contributed by atoms with Crippen molar-refractivity contribution in [3.63, 3.8) is 0 Å². The highest BCUT2D eigenvalue weighted by molar-refractivity contribution is 7.90. The van der Waals surface area contributed by atoms with Crippen molar-refractivity contribution in [1.29, 1.82) is 5.26 Å². The molecule has 2 aromatic carbocycles. The van der Waals surface area contributed by atoms with E-state index in [1.54, 1.807) is 26.0 Å². The summed E-state index contributed by atoms with van der Waals surface area (Å²) in [7, 11) is -3.35. The van der Waals surface area contributed by atoms with E-state index in [4.69, 9.17) is 10.00 Å². The van der Waals surface area contributed by atoms with E-state index in [1.807, 2.05) is 24.3 Å². The zero-order chi connectivity index (χ0) is 19.4. The van der Waals surface area contributed by atoms with Crippen LogP contribution in [-0.2, 0) is 14.8 Å². The van der Waals surface area contributed by atoms with Crippen LogP contribution in [0.4, 0.5) is 0 Å². The molecule has 0 aliphatic carbocycles. The number of nitrogens with one attached hydrogen (secondary N) is 1. The summed E-state index contributed by atoms with van der Waals surface area (Å²) in [6.45, 7) is 4.36. The highest BCUT2D eigenvalue weighted by Gasteiger charge is 2.31. The molecule has 1 aliphatic rings. The molecule has 0 radical (unpaired) electrons.